The molecular formula is C15H24. The Balaban J connectivity index is 2.30. The molecule has 0 unspecified atom stereocenters. The van der Waals surface area contributed by atoms with E-state index in [0.717, 1.165) is 11.8 Å². The average molecular weight is 204 g/mol. The molecule has 0 heteroatoms. The van der Waals surface area contributed by atoms with Gasteiger partial charge >= 0.3 is 0 Å². The third-order valence-corrected chi connectivity index (χ3v) is 4.73. The molecule has 0 nitrogen and oxygen atoms in total. The van der Waals surface area contributed by atoms with Crippen molar-refractivity contribution in [3.05, 3.63) is 24.3 Å². The molecule has 2 fully saturated rings. The molecule has 0 heterocycles. The summed E-state index contributed by atoms with van der Waals surface area (Å²) < 4.78 is 0. The zero-order valence-electron chi connectivity index (χ0n) is 10.3. The summed E-state index contributed by atoms with van der Waals surface area (Å²) in [5.74, 6) is 1.45. The van der Waals surface area contributed by atoms with Crippen molar-refractivity contribution in [2.45, 2.75) is 52.4 Å². The largest absolute Gasteiger partial charge is 0.0998 e. The van der Waals surface area contributed by atoms with E-state index in [0.29, 0.717) is 5.41 Å². The highest BCUT2D eigenvalue weighted by Crippen LogP contribution is 2.55. The first kappa shape index (κ1) is 11.0. The third kappa shape index (κ3) is 1.79. The summed E-state index contributed by atoms with van der Waals surface area (Å²) in [7, 11) is 0. The minimum atomic E-state index is 0.539. The maximum atomic E-state index is 4.34. The summed E-state index contributed by atoms with van der Waals surface area (Å²) in [5, 5.41) is 0. The first-order chi connectivity index (χ1) is 7.04. The molecule has 2 rings (SSSR count). The molecule has 0 aromatic carbocycles. The molecule has 15 heavy (non-hydrogen) atoms. The van der Waals surface area contributed by atoms with Crippen LogP contribution in [0.2, 0.25) is 0 Å². The van der Waals surface area contributed by atoms with E-state index < -0.39 is 0 Å². The van der Waals surface area contributed by atoms with E-state index >= 15 is 0 Å². The molecule has 0 N–H and O–H groups in total. The highest BCUT2D eigenvalue weighted by atomic mass is 14.5. The Morgan fingerprint density at radius 2 is 2.00 bits per heavy atom. The van der Waals surface area contributed by atoms with Crippen molar-refractivity contribution in [1.82, 2.24) is 0 Å². The molecule has 2 aliphatic rings. The predicted molar refractivity (Wildman–Crippen MR) is 66.7 cm³/mol. The Morgan fingerprint density at radius 1 is 1.33 bits per heavy atom. The maximum absolute atomic E-state index is 4.34. The van der Waals surface area contributed by atoms with Crippen LogP contribution in [0.1, 0.15) is 52.4 Å². The molecule has 0 aromatic heterocycles. The predicted octanol–water partition coefficient (Wildman–Crippen LogP) is 4.73. The standard InChI is InChI=1S/C15H24/c1-11(2)13-8-6-10-15(4)9-5-7-12(3)14(13)15/h13-14H,1,3,5-10H2,2,4H3/t13-,14-,15-/m1/s1. The molecule has 2 saturated carbocycles. The van der Waals surface area contributed by atoms with E-state index in [1.165, 1.54) is 49.7 Å². The smallest absolute Gasteiger partial charge is 0.00865 e. The first-order valence-electron chi connectivity index (χ1n) is 6.38. The topological polar surface area (TPSA) is 0 Å². The van der Waals surface area contributed by atoms with Gasteiger partial charge in [0.05, 0.1) is 0 Å². The number of hydrogen-bond donors (Lipinski definition) is 0. The van der Waals surface area contributed by atoms with Crippen LogP contribution in [0.4, 0.5) is 0 Å². The van der Waals surface area contributed by atoms with Gasteiger partial charge in [0.25, 0.3) is 0 Å². The third-order valence-electron chi connectivity index (χ3n) is 4.73. The van der Waals surface area contributed by atoms with E-state index in [1.54, 1.807) is 0 Å². The number of hydrogen-bond acceptors (Lipinski definition) is 0. The van der Waals surface area contributed by atoms with Crippen LogP contribution < -0.4 is 0 Å². The van der Waals surface area contributed by atoms with Gasteiger partial charge in [-0.3, -0.25) is 0 Å². The van der Waals surface area contributed by atoms with Crippen LogP contribution in [0, 0.1) is 17.3 Å². The second-order valence-electron chi connectivity index (χ2n) is 5.99. The van der Waals surface area contributed by atoms with E-state index in [1.807, 2.05) is 0 Å². The molecule has 0 amide bonds. The maximum Gasteiger partial charge on any atom is -0.00865 e. The molecule has 0 spiro atoms. The highest BCUT2D eigenvalue weighted by molar-refractivity contribution is 5.19. The lowest BCUT2D eigenvalue weighted by atomic mass is 9.54. The van der Waals surface area contributed by atoms with Gasteiger partial charge in [0.2, 0.25) is 0 Å². The van der Waals surface area contributed by atoms with Crippen molar-refractivity contribution in [2.24, 2.45) is 17.3 Å². The molecule has 2 aliphatic carbocycles. The molecule has 0 bridgehead atoms. The van der Waals surface area contributed by atoms with Crippen LogP contribution in [-0.4, -0.2) is 0 Å². The Labute approximate surface area is 94.5 Å². The summed E-state index contributed by atoms with van der Waals surface area (Å²) in [6.45, 7) is 13.2. The summed E-state index contributed by atoms with van der Waals surface area (Å²) >= 11 is 0. The van der Waals surface area contributed by atoms with Crippen LogP contribution in [-0.2, 0) is 0 Å². The average Bonchev–Trinajstić information content (AvgIpc) is 2.16. The van der Waals surface area contributed by atoms with Gasteiger partial charge in [-0.15, -0.1) is 0 Å². The normalized spacial score (nSPS) is 41.1. The van der Waals surface area contributed by atoms with Crippen molar-refractivity contribution < 1.29 is 0 Å². The van der Waals surface area contributed by atoms with Gasteiger partial charge in [0, 0.05) is 0 Å². The van der Waals surface area contributed by atoms with Gasteiger partial charge in [0.1, 0.15) is 0 Å². The van der Waals surface area contributed by atoms with Crippen LogP contribution in [0.5, 0.6) is 0 Å². The van der Waals surface area contributed by atoms with Gasteiger partial charge in [-0.2, -0.15) is 0 Å². The summed E-state index contributed by atoms with van der Waals surface area (Å²) in [4.78, 5) is 0. The van der Waals surface area contributed by atoms with Gasteiger partial charge in [-0.1, -0.05) is 37.6 Å². The van der Waals surface area contributed by atoms with Crippen molar-refractivity contribution in [3.63, 3.8) is 0 Å². The van der Waals surface area contributed by atoms with E-state index in [9.17, 15) is 0 Å². The van der Waals surface area contributed by atoms with Gasteiger partial charge < -0.3 is 0 Å². The van der Waals surface area contributed by atoms with Crippen molar-refractivity contribution in [1.29, 1.82) is 0 Å². The fourth-order valence-corrected chi connectivity index (χ4v) is 4.00. The van der Waals surface area contributed by atoms with E-state index in [4.69, 9.17) is 0 Å². The lowest BCUT2D eigenvalue weighted by Crippen LogP contribution is -2.40. The zero-order valence-corrected chi connectivity index (χ0v) is 10.3. The quantitative estimate of drug-likeness (QED) is 0.542. The van der Waals surface area contributed by atoms with E-state index in [-0.39, 0.29) is 0 Å². The Hall–Kier alpha value is -0.520. The molecule has 0 aliphatic heterocycles. The summed E-state index contributed by atoms with van der Waals surface area (Å²) in [6.07, 6.45) is 8.14. The van der Waals surface area contributed by atoms with Crippen LogP contribution in [0.25, 0.3) is 0 Å². The Morgan fingerprint density at radius 3 is 2.67 bits per heavy atom. The van der Waals surface area contributed by atoms with Gasteiger partial charge in [-0.05, 0) is 56.3 Å². The second kappa shape index (κ2) is 3.81. The summed E-state index contributed by atoms with van der Waals surface area (Å²) in [5.41, 5.74) is 3.43. The lowest BCUT2D eigenvalue weighted by molar-refractivity contribution is 0.0692. The van der Waals surface area contributed by atoms with Crippen LogP contribution in [0.15, 0.2) is 24.3 Å². The molecule has 3 atom stereocenters. The molecule has 84 valence electrons. The lowest BCUT2D eigenvalue weighted by Gasteiger charge is -2.50. The highest BCUT2D eigenvalue weighted by Gasteiger charge is 2.45. The Kier molecular flexibility index (Phi) is 2.79. The minimum Gasteiger partial charge on any atom is -0.0998 e. The number of rotatable bonds is 1. The number of fused-ring (bicyclic) bond motifs is 1. The van der Waals surface area contributed by atoms with Crippen molar-refractivity contribution in [3.8, 4) is 0 Å². The van der Waals surface area contributed by atoms with Crippen molar-refractivity contribution >= 4 is 0 Å². The van der Waals surface area contributed by atoms with Crippen molar-refractivity contribution in [2.75, 3.05) is 0 Å². The fourth-order valence-electron chi connectivity index (χ4n) is 4.00. The van der Waals surface area contributed by atoms with Crippen LogP contribution >= 0.6 is 0 Å². The Bertz CT molecular complexity index is 282. The van der Waals surface area contributed by atoms with Crippen LogP contribution in [0.3, 0.4) is 0 Å². The molecule has 0 aromatic rings. The SMILES string of the molecule is C=C(C)[C@H]1CCC[C@@]2(C)CCCC(=C)[C@H]12. The molecule has 0 saturated heterocycles. The zero-order chi connectivity index (χ0) is 11.1. The number of allylic oxidation sites excluding steroid dienone is 2. The summed E-state index contributed by atoms with van der Waals surface area (Å²) in [6, 6.07) is 0. The van der Waals surface area contributed by atoms with Gasteiger partial charge in [0.15, 0.2) is 0 Å². The second-order valence-corrected chi connectivity index (χ2v) is 5.99. The molecular weight excluding hydrogens is 180 g/mol. The minimum absolute atomic E-state index is 0.539. The van der Waals surface area contributed by atoms with E-state index in [2.05, 4.69) is 27.0 Å². The van der Waals surface area contributed by atoms with Gasteiger partial charge in [-0.25, -0.2) is 0 Å². The first-order valence-corrected chi connectivity index (χ1v) is 6.38. The molecule has 0 radical (unpaired) electrons. The monoisotopic (exact) mass is 204 g/mol. The fraction of sp³-hybridized carbons (Fsp3) is 0.733.